The largest absolute Gasteiger partial charge is 0.381 e. The van der Waals surface area contributed by atoms with E-state index in [1.807, 2.05) is 43.5 Å². The summed E-state index contributed by atoms with van der Waals surface area (Å²) in [5.74, 6) is -1.24. The molecule has 2 N–H and O–H groups in total. The van der Waals surface area contributed by atoms with Crippen molar-refractivity contribution >= 4 is 28.8 Å². The second-order valence-electron chi connectivity index (χ2n) is 6.83. The van der Waals surface area contributed by atoms with Crippen molar-refractivity contribution in [1.29, 1.82) is 0 Å². The van der Waals surface area contributed by atoms with Crippen LogP contribution in [-0.2, 0) is 19.7 Å². The van der Waals surface area contributed by atoms with Crippen LogP contribution in [0.3, 0.4) is 0 Å². The minimum atomic E-state index is -0.632. The number of aryl methyl sites for hydroxylation is 2. The van der Waals surface area contributed by atoms with Gasteiger partial charge in [0, 0.05) is 35.7 Å². The molecule has 26 heavy (non-hydrogen) atoms. The van der Waals surface area contributed by atoms with E-state index in [4.69, 9.17) is 4.74 Å². The Morgan fingerprint density at radius 2 is 1.92 bits per heavy atom. The van der Waals surface area contributed by atoms with Crippen LogP contribution in [0, 0.1) is 13.8 Å². The van der Waals surface area contributed by atoms with E-state index in [-0.39, 0.29) is 5.41 Å². The number of carbonyl (C=O) groups is 2. The predicted octanol–water partition coefficient (Wildman–Crippen LogP) is 3.17. The molecule has 138 valence electrons. The van der Waals surface area contributed by atoms with Crippen LogP contribution < -0.4 is 10.6 Å². The maximum atomic E-state index is 12.3. The van der Waals surface area contributed by atoms with E-state index in [0.717, 1.165) is 24.0 Å². The van der Waals surface area contributed by atoms with Gasteiger partial charge in [0.25, 0.3) is 0 Å². The third kappa shape index (κ3) is 4.14. The zero-order valence-electron chi connectivity index (χ0n) is 15.1. The van der Waals surface area contributed by atoms with Crippen LogP contribution >= 0.6 is 11.3 Å². The lowest BCUT2D eigenvalue weighted by molar-refractivity contribution is -0.136. The van der Waals surface area contributed by atoms with Gasteiger partial charge in [-0.25, -0.2) is 0 Å². The zero-order valence-corrected chi connectivity index (χ0v) is 15.9. The smallest absolute Gasteiger partial charge is 0.313 e. The lowest BCUT2D eigenvalue weighted by Gasteiger charge is -2.36. The maximum Gasteiger partial charge on any atom is 0.313 e. The molecule has 2 amide bonds. The highest BCUT2D eigenvalue weighted by atomic mass is 32.1. The summed E-state index contributed by atoms with van der Waals surface area (Å²) in [4.78, 5) is 25.9. The highest BCUT2D eigenvalue weighted by Crippen LogP contribution is 2.36. The number of thiophene rings is 1. The fourth-order valence-corrected chi connectivity index (χ4v) is 4.22. The highest BCUT2D eigenvalue weighted by molar-refractivity contribution is 7.10. The Morgan fingerprint density at radius 3 is 2.62 bits per heavy atom. The van der Waals surface area contributed by atoms with Gasteiger partial charge in [-0.2, -0.15) is 0 Å². The number of amides is 2. The first-order valence-corrected chi connectivity index (χ1v) is 9.66. The fraction of sp³-hybridized carbons (Fsp3) is 0.400. The molecular formula is C20H24N2O3S. The van der Waals surface area contributed by atoms with Crippen molar-refractivity contribution in [2.45, 2.75) is 32.1 Å². The third-order valence-corrected chi connectivity index (χ3v) is 6.04. The molecule has 3 rings (SSSR count). The van der Waals surface area contributed by atoms with Crippen LogP contribution in [0.2, 0.25) is 0 Å². The second kappa shape index (κ2) is 8.01. The van der Waals surface area contributed by atoms with Gasteiger partial charge >= 0.3 is 11.8 Å². The van der Waals surface area contributed by atoms with Crippen molar-refractivity contribution < 1.29 is 14.3 Å². The lowest BCUT2D eigenvalue weighted by Crippen LogP contribution is -2.46. The van der Waals surface area contributed by atoms with E-state index in [1.54, 1.807) is 11.3 Å². The minimum absolute atomic E-state index is 0.151. The van der Waals surface area contributed by atoms with Gasteiger partial charge in [-0.15, -0.1) is 11.3 Å². The molecule has 1 aromatic heterocycles. The Labute approximate surface area is 157 Å². The molecule has 0 spiro atoms. The molecule has 0 aliphatic carbocycles. The molecule has 0 unspecified atom stereocenters. The first kappa shape index (κ1) is 18.6. The molecule has 0 atom stereocenters. The highest BCUT2D eigenvalue weighted by Gasteiger charge is 2.36. The SMILES string of the molecule is Cc1ccc(C)c(NC(=O)C(=O)NCC2(c3cccs3)CCOCC2)c1. The summed E-state index contributed by atoms with van der Waals surface area (Å²) in [6.45, 7) is 5.63. The molecule has 0 radical (unpaired) electrons. The fourth-order valence-electron chi connectivity index (χ4n) is 3.23. The second-order valence-corrected chi connectivity index (χ2v) is 7.77. The van der Waals surface area contributed by atoms with Gasteiger partial charge in [-0.3, -0.25) is 9.59 Å². The van der Waals surface area contributed by atoms with E-state index in [1.165, 1.54) is 4.88 Å². The summed E-state index contributed by atoms with van der Waals surface area (Å²) in [7, 11) is 0. The molecule has 2 aromatic rings. The maximum absolute atomic E-state index is 12.3. The number of hydrogen-bond acceptors (Lipinski definition) is 4. The van der Waals surface area contributed by atoms with Gasteiger partial charge in [0.2, 0.25) is 0 Å². The molecule has 1 aliphatic rings. The van der Waals surface area contributed by atoms with Gasteiger partial charge in [-0.1, -0.05) is 18.2 Å². The standard InChI is InChI=1S/C20H24N2O3S/c1-14-5-6-15(2)16(12-14)22-19(24)18(23)21-13-20(7-9-25-10-8-20)17-4-3-11-26-17/h3-6,11-12H,7-10,13H2,1-2H3,(H,21,23)(H,22,24). The lowest BCUT2D eigenvalue weighted by atomic mass is 9.78. The Hall–Kier alpha value is -2.18. The topological polar surface area (TPSA) is 67.4 Å². The Bertz CT molecular complexity index is 780. The van der Waals surface area contributed by atoms with E-state index in [9.17, 15) is 9.59 Å². The monoisotopic (exact) mass is 372 g/mol. The average Bonchev–Trinajstić information content (AvgIpc) is 3.19. The van der Waals surface area contributed by atoms with Crippen molar-refractivity contribution in [3.05, 3.63) is 51.7 Å². The van der Waals surface area contributed by atoms with Crippen LogP contribution in [0.4, 0.5) is 5.69 Å². The summed E-state index contributed by atoms with van der Waals surface area (Å²) in [6, 6.07) is 9.88. The summed E-state index contributed by atoms with van der Waals surface area (Å²) in [5, 5.41) is 7.59. The number of rotatable bonds is 4. The van der Waals surface area contributed by atoms with Crippen LogP contribution in [-0.4, -0.2) is 31.6 Å². The van der Waals surface area contributed by atoms with Gasteiger partial charge < -0.3 is 15.4 Å². The molecule has 2 heterocycles. The third-order valence-electron chi connectivity index (χ3n) is 4.93. The first-order valence-electron chi connectivity index (χ1n) is 8.78. The molecule has 1 aromatic carbocycles. The Morgan fingerprint density at radius 1 is 1.15 bits per heavy atom. The first-order chi connectivity index (χ1) is 12.5. The van der Waals surface area contributed by atoms with Gasteiger partial charge in [0.15, 0.2) is 0 Å². The van der Waals surface area contributed by atoms with Gasteiger partial charge in [0.1, 0.15) is 0 Å². The van der Waals surface area contributed by atoms with E-state index in [2.05, 4.69) is 16.7 Å². The van der Waals surface area contributed by atoms with Crippen molar-refractivity contribution in [2.75, 3.05) is 25.1 Å². The molecule has 1 fully saturated rings. The molecule has 0 saturated carbocycles. The number of hydrogen-bond donors (Lipinski definition) is 2. The molecule has 6 heteroatoms. The molecule has 0 bridgehead atoms. The zero-order chi connectivity index (χ0) is 18.6. The van der Waals surface area contributed by atoms with E-state index < -0.39 is 11.8 Å². The van der Waals surface area contributed by atoms with Crippen LogP contribution in [0.15, 0.2) is 35.7 Å². The summed E-state index contributed by atoms with van der Waals surface area (Å²) in [5.41, 5.74) is 2.48. The number of carbonyl (C=O) groups excluding carboxylic acids is 2. The Kier molecular flexibility index (Phi) is 5.74. The summed E-state index contributed by atoms with van der Waals surface area (Å²) >= 11 is 1.69. The minimum Gasteiger partial charge on any atom is -0.381 e. The number of ether oxygens (including phenoxy) is 1. The Balaban J connectivity index is 1.65. The molecule has 1 saturated heterocycles. The summed E-state index contributed by atoms with van der Waals surface area (Å²) in [6.07, 6.45) is 1.68. The van der Waals surface area contributed by atoms with E-state index in [0.29, 0.717) is 25.4 Å². The molecular weight excluding hydrogens is 348 g/mol. The quantitative estimate of drug-likeness (QED) is 0.810. The van der Waals surface area contributed by atoms with Crippen molar-refractivity contribution in [1.82, 2.24) is 5.32 Å². The van der Waals surface area contributed by atoms with E-state index >= 15 is 0 Å². The van der Waals surface area contributed by atoms with Gasteiger partial charge in [0.05, 0.1) is 0 Å². The van der Waals surface area contributed by atoms with Crippen molar-refractivity contribution in [3.8, 4) is 0 Å². The van der Waals surface area contributed by atoms with Crippen LogP contribution in [0.1, 0.15) is 28.8 Å². The predicted molar refractivity (Wildman–Crippen MR) is 104 cm³/mol. The summed E-state index contributed by atoms with van der Waals surface area (Å²) < 4.78 is 5.49. The number of nitrogens with one attached hydrogen (secondary N) is 2. The van der Waals surface area contributed by atoms with Crippen LogP contribution in [0.5, 0.6) is 0 Å². The molecule has 5 nitrogen and oxygen atoms in total. The normalized spacial score (nSPS) is 16.1. The van der Waals surface area contributed by atoms with Crippen molar-refractivity contribution in [3.63, 3.8) is 0 Å². The van der Waals surface area contributed by atoms with Crippen LogP contribution in [0.25, 0.3) is 0 Å². The number of benzene rings is 1. The van der Waals surface area contributed by atoms with Crippen molar-refractivity contribution in [2.24, 2.45) is 0 Å². The van der Waals surface area contributed by atoms with Gasteiger partial charge in [-0.05, 0) is 55.3 Å². The average molecular weight is 372 g/mol. The number of anilines is 1. The molecule has 1 aliphatic heterocycles.